The Morgan fingerprint density at radius 2 is 1.84 bits per heavy atom. The fourth-order valence-corrected chi connectivity index (χ4v) is 2.15. The molecule has 0 spiro atoms. The van der Waals surface area contributed by atoms with Crippen LogP contribution in [0.3, 0.4) is 0 Å². The van der Waals surface area contributed by atoms with Gasteiger partial charge in [-0.25, -0.2) is 0 Å². The highest BCUT2D eigenvalue weighted by Crippen LogP contribution is 2.26. The lowest BCUT2D eigenvalue weighted by Gasteiger charge is -2.18. The number of amides is 1. The van der Waals surface area contributed by atoms with Gasteiger partial charge in [-0.2, -0.15) is 0 Å². The first-order valence-corrected chi connectivity index (χ1v) is 6.59. The van der Waals surface area contributed by atoms with Crippen molar-refractivity contribution in [3.05, 3.63) is 28.8 Å². The van der Waals surface area contributed by atoms with Crippen molar-refractivity contribution in [2.75, 3.05) is 7.05 Å². The summed E-state index contributed by atoms with van der Waals surface area (Å²) < 4.78 is 5.75. The van der Waals surface area contributed by atoms with Crippen LogP contribution in [0.1, 0.15) is 30.5 Å². The summed E-state index contributed by atoms with van der Waals surface area (Å²) in [5.41, 5.74) is 9.08. The Hall–Kier alpha value is -1.55. The number of carbonyl (C=O) groups excluding carboxylic acids is 1. The van der Waals surface area contributed by atoms with E-state index >= 15 is 0 Å². The molecule has 106 valence electrons. The van der Waals surface area contributed by atoms with Gasteiger partial charge in [0.2, 0.25) is 0 Å². The van der Waals surface area contributed by atoms with Gasteiger partial charge in [0.1, 0.15) is 5.75 Å². The van der Waals surface area contributed by atoms with Crippen LogP contribution in [0.2, 0.25) is 0 Å². The van der Waals surface area contributed by atoms with Gasteiger partial charge in [0.15, 0.2) is 6.10 Å². The van der Waals surface area contributed by atoms with E-state index in [-0.39, 0.29) is 11.9 Å². The lowest BCUT2D eigenvalue weighted by Crippen LogP contribution is -2.34. The van der Waals surface area contributed by atoms with Crippen molar-refractivity contribution < 1.29 is 9.53 Å². The van der Waals surface area contributed by atoms with Crippen LogP contribution in [0.5, 0.6) is 5.75 Å². The van der Waals surface area contributed by atoms with Crippen molar-refractivity contribution >= 4 is 5.91 Å². The molecule has 0 saturated heterocycles. The molecular weight excluding hydrogens is 240 g/mol. The average Bonchev–Trinajstić information content (AvgIpc) is 2.31. The van der Waals surface area contributed by atoms with E-state index in [1.54, 1.807) is 14.0 Å². The number of hydrogen-bond donors (Lipinski definition) is 2. The van der Waals surface area contributed by atoms with Gasteiger partial charge in [0.05, 0.1) is 0 Å². The van der Waals surface area contributed by atoms with Crippen molar-refractivity contribution in [2.24, 2.45) is 5.73 Å². The molecule has 1 rings (SSSR count). The molecule has 0 aliphatic carbocycles. The van der Waals surface area contributed by atoms with Crippen molar-refractivity contribution in [1.82, 2.24) is 5.32 Å². The minimum Gasteiger partial charge on any atom is -0.480 e. The largest absolute Gasteiger partial charge is 0.480 e. The first kappa shape index (κ1) is 15.5. The van der Waals surface area contributed by atoms with E-state index in [0.29, 0.717) is 0 Å². The number of ether oxygens (including phenoxy) is 1. The van der Waals surface area contributed by atoms with Crippen molar-refractivity contribution in [3.63, 3.8) is 0 Å². The highest BCUT2D eigenvalue weighted by Gasteiger charge is 2.16. The third-order valence-electron chi connectivity index (χ3n) is 2.99. The molecule has 0 heterocycles. The van der Waals surface area contributed by atoms with E-state index in [2.05, 4.69) is 17.4 Å². The Morgan fingerprint density at radius 3 is 2.26 bits per heavy atom. The second-order valence-corrected chi connectivity index (χ2v) is 5.11. The minimum absolute atomic E-state index is 0.126. The van der Waals surface area contributed by atoms with Crippen LogP contribution in [-0.2, 0) is 11.2 Å². The first-order chi connectivity index (χ1) is 8.85. The van der Waals surface area contributed by atoms with Crippen LogP contribution in [0.4, 0.5) is 0 Å². The van der Waals surface area contributed by atoms with Crippen molar-refractivity contribution in [2.45, 2.75) is 46.3 Å². The maximum Gasteiger partial charge on any atom is 0.260 e. The van der Waals surface area contributed by atoms with Gasteiger partial charge in [0.25, 0.3) is 5.91 Å². The lowest BCUT2D eigenvalue weighted by atomic mass is 10.0. The van der Waals surface area contributed by atoms with Crippen LogP contribution in [0, 0.1) is 13.8 Å². The molecule has 1 amide bonds. The third-order valence-corrected chi connectivity index (χ3v) is 2.99. The zero-order chi connectivity index (χ0) is 14.6. The van der Waals surface area contributed by atoms with Gasteiger partial charge < -0.3 is 15.8 Å². The Bertz CT molecular complexity index is 432. The number of nitrogens with one attached hydrogen (secondary N) is 1. The molecule has 3 N–H and O–H groups in total. The molecule has 0 saturated carbocycles. The molecule has 2 atom stereocenters. The molecule has 1 aromatic rings. The molecule has 0 aromatic heterocycles. The summed E-state index contributed by atoms with van der Waals surface area (Å²) in [5.74, 6) is 0.656. The van der Waals surface area contributed by atoms with Gasteiger partial charge in [-0.1, -0.05) is 12.1 Å². The van der Waals surface area contributed by atoms with E-state index in [1.165, 1.54) is 5.56 Å². The van der Waals surface area contributed by atoms with Crippen LogP contribution in [-0.4, -0.2) is 25.1 Å². The Labute approximate surface area is 115 Å². The fraction of sp³-hybridized carbons (Fsp3) is 0.533. The molecule has 4 nitrogen and oxygen atoms in total. The van der Waals surface area contributed by atoms with E-state index in [9.17, 15) is 4.79 Å². The first-order valence-electron chi connectivity index (χ1n) is 6.59. The van der Waals surface area contributed by atoms with Gasteiger partial charge >= 0.3 is 0 Å². The molecule has 4 heteroatoms. The number of aryl methyl sites for hydroxylation is 2. The summed E-state index contributed by atoms with van der Waals surface area (Å²) in [6.45, 7) is 7.71. The molecule has 0 aliphatic heterocycles. The maximum atomic E-state index is 11.5. The number of carbonyl (C=O) groups is 1. The second kappa shape index (κ2) is 6.57. The molecule has 19 heavy (non-hydrogen) atoms. The predicted molar refractivity (Wildman–Crippen MR) is 77.4 cm³/mol. The van der Waals surface area contributed by atoms with Gasteiger partial charge in [0, 0.05) is 13.1 Å². The molecular formula is C15H24N2O2. The normalized spacial score (nSPS) is 13.8. The summed E-state index contributed by atoms with van der Waals surface area (Å²) in [6.07, 6.45) is 0.342. The van der Waals surface area contributed by atoms with Crippen LogP contribution >= 0.6 is 0 Å². The smallest absolute Gasteiger partial charge is 0.260 e. The highest BCUT2D eigenvalue weighted by molar-refractivity contribution is 5.80. The van der Waals surface area contributed by atoms with Crippen molar-refractivity contribution in [3.8, 4) is 5.75 Å². The number of nitrogens with two attached hydrogens (primary N) is 1. The predicted octanol–water partition coefficient (Wildman–Crippen LogP) is 1.71. The lowest BCUT2D eigenvalue weighted by molar-refractivity contribution is -0.126. The van der Waals surface area contributed by atoms with Crippen LogP contribution in [0.15, 0.2) is 12.1 Å². The second-order valence-electron chi connectivity index (χ2n) is 5.11. The Kier molecular flexibility index (Phi) is 5.36. The molecule has 0 radical (unpaired) electrons. The monoisotopic (exact) mass is 264 g/mol. The van der Waals surface area contributed by atoms with E-state index < -0.39 is 6.10 Å². The van der Waals surface area contributed by atoms with Crippen LogP contribution < -0.4 is 15.8 Å². The Balaban J connectivity index is 2.94. The van der Waals surface area contributed by atoms with Crippen molar-refractivity contribution in [1.29, 1.82) is 0 Å². The summed E-state index contributed by atoms with van der Waals surface area (Å²) >= 11 is 0. The number of likely N-dealkylation sites (N-methyl/N-ethyl adjacent to an activating group) is 1. The molecule has 0 aliphatic rings. The SMILES string of the molecule is CNC(=O)C(C)Oc1c(C)cc(CC(C)N)cc1C. The van der Waals surface area contributed by atoms with Crippen LogP contribution in [0.25, 0.3) is 0 Å². The molecule has 1 aromatic carbocycles. The molecule has 0 fully saturated rings. The quantitative estimate of drug-likeness (QED) is 0.851. The number of benzene rings is 1. The molecule has 2 unspecified atom stereocenters. The summed E-state index contributed by atoms with van der Waals surface area (Å²) in [7, 11) is 1.60. The van der Waals surface area contributed by atoms with E-state index in [4.69, 9.17) is 10.5 Å². The Morgan fingerprint density at radius 1 is 1.32 bits per heavy atom. The highest BCUT2D eigenvalue weighted by atomic mass is 16.5. The summed E-state index contributed by atoms with van der Waals surface area (Å²) in [5, 5.41) is 2.58. The zero-order valence-electron chi connectivity index (χ0n) is 12.4. The fourth-order valence-electron chi connectivity index (χ4n) is 2.15. The standard InChI is InChI=1S/C15H24N2O2/c1-9-6-13(8-11(3)16)7-10(2)14(9)19-12(4)15(18)17-5/h6-7,11-12H,8,16H2,1-5H3,(H,17,18). The van der Waals surface area contributed by atoms with E-state index in [1.807, 2.05) is 20.8 Å². The number of hydrogen-bond acceptors (Lipinski definition) is 3. The minimum atomic E-state index is -0.498. The third kappa shape index (κ3) is 4.24. The maximum absolute atomic E-state index is 11.5. The topological polar surface area (TPSA) is 64.3 Å². The summed E-state index contributed by atoms with van der Waals surface area (Å²) in [6, 6.07) is 4.28. The van der Waals surface area contributed by atoms with Gasteiger partial charge in [-0.3, -0.25) is 4.79 Å². The summed E-state index contributed by atoms with van der Waals surface area (Å²) in [4.78, 5) is 11.5. The van der Waals surface area contributed by atoms with Gasteiger partial charge in [-0.15, -0.1) is 0 Å². The van der Waals surface area contributed by atoms with E-state index in [0.717, 1.165) is 23.3 Å². The average molecular weight is 264 g/mol. The zero-order valence-corrected chi connectivity index (χ0v) is 12.4. The molecule has 0 bridgehead atoms. The van der Waals surface area contributed by atoms with Gasteiger partial charge in [-0.05, 0) is 50.8 Å². The number of rotatable bonds is 5.